The number of hydrogen-bond donors (Lipinski definition) is 0. The summed E-state index contributed by atoms with van der Waals surface area (Å²) in [4.78, 5) is 0. The summed E-state index contributed by atoms with van der Waals surface area (Å²) in [5.41, 5.74) is 7.27. The van der Waals surface area contributed by atoms with E-state index in [0.29, 0.717) is 0 Å². The van der Waals surface area contributed by atoms with Crippen LogP contribution in [0.25, 0.3) is 0 Å². The Morgan fingerprint density at radius 1 is 0.559 bits per heavy atom. The predicted molar refractivity (Wildman–Crippen MR) is 128 cm³/mol. The van der Waals surface area contributed by atoms with Crippen LogP contribution >= 0.6 is 0 Å². The maximum Gasteiger partial charge on any atom is 0.161 e. The van der Waals surface area contributed by atoms with Crippen LogP contribution in [0.15, 0.2) is 36.4 Å². The van der Waals surface area contributed by atoms with Crippen LogP contribution < -0.4 is 28.4 Å². The van der Waals surface area contributed by atoms with Crippen LogP contribution in [0.1, 0.15) is 45.2 Å². The molecule has 0 fully saturated rings. The molecule has 6 nitrogen and oxygen atoms in total. The predicted octanol–water partition coefficient (Wildman–Crippen LogP) is 4.82. The second-order valence-corrected chi connectivity index (χ2v) is 9.11. The number of methoxy groups -OCH3 is 6. The van der Waals surface area contributed by atoms with Crippen LogP contribution in [0.4, 0.5) is 0 Å². The van der Waals surface area contributed by atoms with Gasteiger partial charge in [-0.2, -0.15) is 0 Å². The van der Waals surface area contributed by atoms with Gasteiger partial charge in [0.05, 0.1) is 42.7 Å². The molecule has 6 rings (SSSR count). The molecule has 0 saturated carbocycles. The topological polar surface area (TPSA) is 55.4 Å². The van der Waals surface area contributed by atoms with E-state index in [1.54, 1.807) is 42.7 Å². The van der Waals surface area contributed by atoms with Gasteiger partial charge in [-0.25, -0.2) is 0 Å². The highest BCUT2D eigenvalue weighted by Crippen LogP contribution is 2.76. The van der Waals surface area contributed by atoms with E-state index in [1.165, 1.54) is 33.4 Å². The Hall–Kier alpha value is -3.54. The number of fused-ring (bicyclic) bond motifs is 7. The van der Waals surface area contributed by atoms with Gasteiger partial charge < -0.3 is 28.4 Å². The lowest BCUT2D eigenvalue weighted by Gasteiger charge is -2.49. The Balaban J connectivity index is 1.69. The summed E-state index contributed by atoms with van der Waals surface area (Å²) in [5.74, 6) is 5.02. The summed E-state index contributed by atoms with van der Waals surface area (Å²) in [6.45, 7) is 0. The summed E-state index contributed by atoms with van der Waals surface area (Å²) in [6, 6.07) is 12.6. The average molecular weight is 461 g/mol. The second kappa shape index (κ2) is 7.23. The molecule has 0 heterocycles. The quantitative estimate of drug-likeness (QED) is 0.526. The van der Waals surface area contributed by atoms with E-state index in [2.05, 4.69) is 24.3 Å². The number of rotatable bonds is 6. The van der Waals surface area contributed by atoms with Crippen LogP contribution in [0.3, 0.4) is 0 Å². The highest BCUT2D eigenvalue weighted by molar-refractivity contribution is 5.78. The molecule has 3 aliphatic rings. The lowest BCUT2D eigenvalue weighted by Crippen LogP contribution is -2.44. The van der Waals surface area contributed by atoms with E-state index in [4.69, 9.17) is 28.4 Å². The van der Waals surface area contributed by atoms with Gasteiger partial charge in [0, 0.05) is 40.5 Å². The van der Waals surface area contributed by atoms with E-state index in [0.717, 1.165) is 40.9 Å². The number of benzene rings is 3. The zero-order valence-corrected chi connectivity index (χ0v) is 20.3. The maximum absolute atomic E-state index is 5.95. The SMILES string of the molecule is COc1cc(OC)c2c(c1)C1c3c(OC)cc(OC)cc3C13Cc1cc(OC)c(OC)cc1C23. The highest BCUT2D eigenvalue weighted by Gasteiger charge is 2.67. The lowest BCUT2D eigenvalue weighted by molar-refractivity contribution is 0.307. The fraction of sp³-hybridized carbons (Fsp3) is 0.357. The van der Waals surface area contributed by atoms with Crippen LogP contribution in [-0.4, -0.2) is 42.7 Å². The zero-order valence-electron chi connectivity index (χ0n) is 20.3. The Bertz CT molecular complexity index is 1330. The van der Waals surface area contributed by atoms with Crippen LogP contribution in [0.2, 0.25) is 0 Å². The normalized spacial score (nSPS) is 22.4. The summed E-state index contributed by atoms with van der Waals surface area (Å²) in [6.07, 6.45) is 0.876. The van der Waals surface area contributed by atoms with Gasteiger partial charge in [-0.3, -0.25) is 0 Å². The second-order valence-electron chi connectivity index (χ2n) is 9.11. The van der Waals surface area contributed by atoms with Crippen molar-refractivity contribution in [2.75, 3.05) is 42.7 Å². The van der Waals surface area contributed by atoms with E-state index in [-0.39, 0.29) is 17.3 Å². The lowest BCUT2D eigenvalue weighted by atomic mass is 9.53. The minimum absolute atomic E-state index is 0.104. The fourth-order valence-corrected chi connectivity index (χ4v) is 6.78. The molecule has 0 radical (unpaired) electrons. The molecule has 3 atom stereocenters. The first-order valence-electron chi connectivity index (χ1n) is 11.3. The third-order valence-electron chi connectivity index (χ3n) is 8.03. The Morgan fingerprint density at radius 3 is 1.74 bits per heavy atom. The molecule has 1 spiro atoms. The summed E-state index contributed by atoms with van der Waals surface area (Å²) in [7, 11) is 10.2. The molecule has 34 heavy (non-hydrogen) atoms. The van der Waals surface area contributed by atoms with E-state index >= 15 is 0 Å². The van der Waals surface area contributed by atoms with E-state index in [1.807, 2.05) is 12.1 Å². The van der Waals surface area contributed by atoms with Crippen LogP contribution in [0.5, 0.6) is 34.5 Å². The smallest absolute Gasteiger partial charge is 0.161 e. The first kappa shape index (κ1) is 21.0. The van der Waals surface area contributed by atoms with Crippen molar-refractivity contribution >= 4 is 0 Å². The van der Waals surface area contributed by atoms with Crippen molar-refractivity contribution in [1.29, 1.82) is 0 Å². The van der Waals surface area contributed by atoms with E-state index < -0.39 is 0 Å². The molecule has 3 aromatic rings. The van der Waals surface area contributed by atoms with Crippen molar-refractivity contribution in [3.63, 3.8) is 0 Å². The molecule has 0 aromatic heterocycles. The molecular formula is C28H28O6. The molecular weight excluding hydrogens is 432 g/mol. The van der Waals surface area contributed by atoms with Crippen LogP contribution in [0, 0.1) is 0 Å². The minimum Gasteiger partial charge on any atom is -0.497 e. The van der Waals surface area contributed by atoms with Gasteiger partial charge >= 0.3 is 0 Å². The molecule has 3 unspecified atom stereocenters. The molecule has 0 bridgehead atoms. The highest BCUT2D eigenvalue weighted by atomic mass is 16.5. The van der Waals surface area contributed by atoms with Crippen molar-refractivity contribution < 1.29 is 28.4 Å². The number of hydrogen-bond acceptors (Lipinski definition) is 6. The monoisotopic (exact) mass is 460 g/mol. The van der Waals surface area contributed by atoms with Crippen molar-refractivity contribution in [2.24, 2.45) is 0 Å². The van der Waals surface area contributed by atoms with Crippen molar-refractivity contribution in [3.05, 3.63) is 69.8 Å². The fourth-order valence-electron chi connectivity index (χ4n) is 6.78. The summed E-state index contributed by atoms with van der Waals surface area (Å²) < 4.78 is 34.5. The Labute approximate surface area is 199 Å². The van der Waals surface area contributed by atoms with Gasteiger partial charge in [0.15, 0.2) is 11.5 Å². The van der Waals surface area contributed by atoms with Gasteiger partial charge in [0.25, 0.3) is 0 Å². The molecule has 6 heteroatoms. The third kappa shape index (κ3) is 2.36. The van der Waals surface area contributed by atoms with Gasteiger partial charge in [0.2, 0.25) is 0 Å². The first-order valence-corrected chi connectivity index (χ1v) is 11.3. The molecule has 3 aromatic carbocycles. The van der Waals surface area contributed by atoms with E-state index in [9.17, 15) is 0 Å². The molecule has 3 aliphatic carbocycles. The molecule has 176 valence electrons. The standard InChI is InChI=1S/C28H28O6/c1-29-15-8-18-24(22(10-15)33-5)26-17-12-21(32-4)20(31-3)7-14(17)13-28(26)19-9-16(30-2)11-23(34-6)25(19)27(18)28/h7-12,26-27H,13H2,1-6H3. The molecule has 0 amide bonds. The number of ether oxygens (including phenoxy) is 6. The molecule has 0 saturated heterocycles. The Morgan fingerprint density at radius 2 is 1.12 bits per heavy atom. The van der Waals surface area contributed by atoms with Crippen molar-refractivity contribution in [1.82, 2.24) is 0 Å². The zero-order chi connectivity index (χ0) is 23.8. The van der Waals surface area contributed by atoms with Crippen molar-refractivity contribution in [2.45, 2.75) is 23.7 Å². The van der Waals surface area contributed by atoms with Crippen molar-refractivity contribution in [3.8, 4) is 34.5 Å². The van der Waals surface area contributed by atoms with Gasteiger partial charge in [0.1, 0.15) is 23.0 Å². The first-order chi connectivity index (χ1) is 16.6. The summed E-state index contributed by atoms with van der Waals surface area (Å²) >= 11 is 0. The minimum atomic E-state index is -0.168. The largest absolute Gasteiger partial charge is 0.497 e. The third-order valence-corrected chi connectivity index (χ3v) is 8.03. The van der Waals surface area contributed by atoms with Gasteiger partial charge in [-0.05, 0) is 52.9 Å². The summed E-state index contributed by atoms with van der Waals surface area (Å²) in [5, 5.41) is 0. The average Bonchev–Trinajstić information content (AvgIpc) is 3.33. The van der Waals surface area contributed by atoms with Gasteiger partial charge in [-0.15, -0.1) is 0 Å². The van der Waals surface area contributed by atoms with Crippen LogP contribution in [-0.2, 0) is 11.8 Å². The molecule has 0 aliphatic heterocycles. The molecule has 0 N–H and O–H groups in total. The van der Waals surface area contributed by atoms with Gasteiger partial charge in [-0.1, -0.05) is 0 Å². The maximum atomic E-state index is 5.95. The Kier molecular flexibility index (Phi) is 4.47.